The van der Waals surface area contributed by atoms with Gasteiger partial charge in [0, 0.05) is 25.8 Å². The van der Waals surface area contributed by atoms with E-state index >= 15 is 0 Å². The van der Waals surface area contributed by atoms with Crippen LogP contribution in [0.25, 0.3) is 0 Å². The van der Waals surface area contributed by atoms with Gasteiger partial charge in [-0.15, -0.1) is 10.2 Å². The Bertz CT molecular complexity index is 739. The first-order valence-corrected chi connectivity index (χ1v) is 9.66. The van der Waals surface area contributed by atoms with E-state index in [1.807, 2.05) is 10.9 Å². The van der Waals surface area contributed by atoms with E-state index in [-0.39, 0.29) is 5.60 Å². The van der Waals surface area contributed by atoms with E-state index in [0.29, 0.717) is 12.6 Å². The van der Waals surface area contributed by atoms with Crippen molar-refractivity contribution in [2.24, 2.45) is 0 Å². The standard InChI is InChI=1S/C18H26N6O/c1-4-9-24-16(5-1)21-22-17(24)13-23-12-14(11-19-23)20-15-6-10-25-18(15)7-2-3-8-18/h11-12,15,20H,1-10,13H2. The van der Waals surface area contributed by atoms with Crippen molar-refractivity contribution >= 4 is 5.69 Å². The monoisotopic (exact) mass is 342 g/mol. The molecule has 0 bridgehead atoms. The lowest BCUT2D eigenvalue weighted by molar-refractivity contribution is 0.00523. The molecule has 2 aliphatic heterocycles. The second kappa shape index (κ2) is 6.12. The van der Waals surface area contributed by atoms with Gasteiger partial charge in [0.05, 0.1) is 23.5 Å². The molecule has 3 aliphatic rings. The van der Waals surface area contributed by atoms with Crippen LogP contribution in [-0.4, -0.2) is 42.8 Å². The van der Waals surface area contributed by atoms with Crippen LogP contribution in [0, 0.1) is 0 Å². The van der Waals surface area contributed by atoms with Gasteiger partial charge in [0.2, 0.25) is 0 Å². The fourth-order valence-electron chi connectivity index (χ4n) is 4.77. The molecule has 2 aromatic heterocycles. The maximum Gasteiger partial charge on any atom is 0.154 e. The molecule has 4 heterocycles. The van der Waals surface area contributed by atoms with Gasteiger partial charge in [0.25, 0.3) is 0 Å². The van der Waals surface area contributed by atoms with Gasteiger partial charge in [-0.25, -0.2) is 0 Å². The number of anilines is 1. The summed E-state index contributed by atoms with van der Waals surface area (Å²) in [4.78, 5) is 0. The lowest BCUT2D eigenvalue weighted by Crippen LogP contribution is -2.41. The molecule has 1 aliphatic carbocycles. The van der Waals surface area contributed by atoms with Crippen LogP contribution in [0.15, 0.2) is 12.4 Å². The van der Waals surface area contributed by atoms with Crippen LogP contribution in [-0.2, 0) is 24.2 Å². The van der Waals surface area contributed by atoms with Crippen LogP contribution < -0.4 is 5.32 Å². The third-order valence-corrected chi connectivity index (χ3v) is 6.09. The van der Waals surface area contributed by atoms with Crippen molar-refractivity contribution in [1.82, 2.24) is 24.5 Å². The quantitative estimate of drug-likeness (QED) is 0.924. The molecule has 2 aromatic rings. The van der Waals surface area contributed by atoms with Gasteiger partial charge in [0.15, 0.2) is 5.82 Å². The minimum absolute atomic E-state index is 0.0637. The lowest BCUT2D eigenvalue weighted by Gasteiger charge is -2.30. The van der Waals surface area contributed by atoms with Crippen molar-refractivity contribution in [3.05, 3.63) is 24.0 Å². The van der Waals surface area contributed by atoms with Crippen molar-refractivity contribution in [3.63, 3.8) is 0 Å². The fourth-order valence-corrected chi connectivity index (χ4v) is 4.77. The maximum absolute atomic E-state index is 6.13. The van der Waals surface area contributed by atoms with Gasteiger partial charge in [-0.05, 0) is 32.1 Å². The van der Waals surface area contributed by atoms with E-state index in [2.05, 4.69) is 31.4 Å². The number of rotatable bonds is 4. The summed E-state index contributed by atoms with van der Waals surface area (Å²) in [6.45, 7) is 2.59. The van der Waals surface area contributed by atoms with Crippen LogP contribution in [0.4, 0.5) is 5.69 Å². The smallest absolute Gasteiger partial charge is 0.154 e. The number of fused-ring (bicyclic) bond motifs is 1. The Labute approximate surface area is 147 Å². The van der Waals surface area contributed by atoms with Gasteiger partial charge in [-0.3, -0.25) is 4.68 Å². The van der Waals surface area contributed by atoms with Gasteiger partial charge >= 0.3 is 0 Å². The zero-order valence-corrected chi connectivity index (χ0v) is 14.7. The predicted octanol–water partition coefficient (Wildman–Crippen LogP) is 2.37. The first-order chi connectivity index (χ1) is 12.3. The highest BCUT2D eigenvalue weighted by Crippen LogP contribution is 2.42. The van der Waals surface area contributed by atoms with E-state index < -0.39 is 0 Å². The molecule has 1 atom stereocenters. The Morgan fingerprint density at radius 2 is 2.12 bits per heavy atom. The topological polar surface area (TPSA) is 69.8 Å². The van der Waals surface area contributed by atoms with Crippen LogP contribution >= 0.6 is 0 Å². The zero-order valence-electron chi connectivity index (χ0n) is 14.7. The molecular formula is C18H26N6O. The average molecular weight is 342 g/mol. The number of nitrogens with zero attached hydrogens (tertiary/aromatic N) is 5. The molecule has 1 saturated heterocycles. The van der Waals surface area contributed by atoms with Crippen molar-refractivity contribution < 1.29 is 4.74 Å². The average Bonchev–Trinajstić information content (AvgIpc) is 3.41. The molecule has 7 heteroatoms. The molecule has 0 aromatic carbocycles. The molecule has 0 amide bonds. The van der Waals surface area contributed by atoms with E-state index in [4.69, 9.17) is 4.74 Å². The molecule has 1 unspecified atom stereocenters. The Morgan fingerprint density at radius 3 is 3.04 bits per heavy atom. The minimum atomic E-state index is 0.0637. The molecule has 1 spiro atoms. The second-order valence-electron chi connectivity index (χ2n) is 7.67. The van der Waals surface area contributed by atoms with Gasteiger partial charge < -0.3 is 14.6 Å². The van der Waals surface area contributed by atoms with Crippen molar-refractivity contribution in [3.8, 4) is 0 Å². The summed E-state index contributed by atoms with van der Waals surface area (Å²) in [7, 11) is 0. The van der Waals surface area contributed by atoms with Crippen LogP contribution in [0.3, 0.4) is 0 Å². The Balaban J connectivity index is 1.28. The number of hydrogen-bond acceptors (Lipinski definition) is 5. The second-order valence-corrected chi connectivity index (χ2v) is 7.67. The molecule has 2 fully saturated rings. The first kappa shape index (κ1) is 15.4. The highest BCUT2D eigenvalue weighted by atomic mass is 16.5. The summed E-state index contributed by atoms with van der Waals surface area (Å²) in [5.74, 6) is 2.14. The molecule has 7 nitrogen and oxygen atoms in total. The molecule has 134 valence electrons. The fraction of sp³-hybridized carbons (Fsp3) is 0.722. The van der Waals surface area contributed by atoms with Gasteiger partial charge in [-0.1, -0.05) is 12.8 Å². The minimum Gasteiger partial charge on any atom is -0.377 e. The molecule has 1 N–H and O–H groups in total. The summed E-state index contributed by atoms with van der Waals surface area (Å²) in [5, 5.41) is 16.9. The number of hydrogen-bond donors (Lipinski definition) is 1. The van der Waals surface area contributed by atoms with Crippen LogP contribution in [0.5, 0.6) is 0 Å². The summed E-state index contributed by atoms with van der Waals surface area (Å²) in [6.07, 6.45) is 13.5. The van der Waals surface area contributed by atoms with Crippen LogP contribution in [0.1, 0.15) is 56.6 Å². The Morgan fingerprint density at radius 1 is 1.20 bits per heavy atom. The molecule has 5 rings (SSSR count). The first-order valence-electron chi connectivity index (χ1n) is 9.66. The number of nitrogens with one attached hydrogen (secondary N) is 1. The summed E-state index contributed by atoms with van der Waals surface area (Å²) >= 11 is 0. The lowest BCUT2D eigenvalue weighted by atomic mass is 9.92. The van der Waals surface area contributed by atoms with Crippen LogP contribution in [0.2, 0.25) is 0 Å². The van der Waals surface area contributed by atoms with Gasteiger partial charge in [0.1, 0.15) is 12.4 Å². The maximum atomic E-state index is 6.13. The zero-order chi connectivity index (χ0) is 16.7. The Kier molecular flexibility index (Phi) is 3.77. The molecule has 0 radical (unpaired) electrons. The highest BCUT2D eigenvalue weighted by molar-refractivity contribution is 5.41. The van der Waals surface area contributed by atoms with E-state index in [0.717, 1.165) is 43.3 Å². The molecule has 25 heavy (non-hydrogen) atoms. The van der Waals surface area contributed by atoms with Gasteiger partial charge in [-0.2, -0.15) is 5.10 Å². The predicted molar refractivity (Wildman–Crippen MR) is 93.5 cm³/mol. The highest BCUT2D eigenvalue weighted by Gasteiger charge is 2.46. The third kappa shape index (κ3) is 2.74. The van der Waals surface area contributed by atoms with E-state index in [9.17, 15) is 0 Å². The third-order valence-electron chi connectivity index (χ3n) is 6.09. The summed E-state index contributed by atoms with van der Waals surface area (Å²) < 4.78 is 10.4. The number of aryl methyl sites for hydroxylation is 1. The largest absolute Gasteiger partial charge is 0.377 e. The number of aromatic nitrogens is 5. The van der Waals surface area contributed by atoms with Crippen molar-refractivity contribution in [2.75, 3.05) is 11.9 Å². The molecule has 1 saturated carbocycles. The van der Waals surface area contributed by atoms with Crippen molar-refractivity contribution in [2.45, 2.75) is 76.1 Å². The molecular weight excluding hydrogens is 316 g/mol. The number of ether oxygens (including phenoxy) is 1. The normalized spacial score (nSPS) is 24.7. The van der Waals surface area contributed by atoms with E-state index in [1.165, 1.54) is 38.5 Å². The van der Waals surface area contributed by atoms with E-state index in [1.54, 1.807) is 0 Å². The summed E-state index contributed by atoms with van der Waals surface area (Å²) in [5.41, 5.74) is 1.15. The summed E-state index contributed by atoms with van der Waals surface area (Å²) in [6, 6.07) is 0.411. The Hall–Kier alpha value is -1.89. The SMILES string of the molecule is c1nn(Cc2nnc3n2CCCC3)cc1NC1CCOC12CCCC2. The van der Waals surface area contributed by atoms with Crippen molar-refractivity contribution in [1.29, 1.82) is 0 Å².